The number of nitrogens with one attached hydrogen (secondary N) is 1. The monoisotopic (exact) mass is 336 g/mol. The van der Waals surface area contributed by atoms with Crippen LogP contribution < -0.4 is 5.32 Å². The first-order valence-electron chi connectivity index (χ1n) is 6.94. The lowest BCUT2D eigenvalue weighted by Crippen LogP contribution is -2.35. The van der Waals surface area contributed by atoms with Crippen LogP contribution in [0.2, 0.25) is 10.0 Å². The summed E-state index contributed by atoms with van der Waals surface area (Å²) in [7, 11) is 2.19. The Bertz CT molecular complexity index is 420. The number of nitrogens with zero attached hydrogens (tertiary/aromatic N) is 1. The highest BCUT2D eigenvalue weighted by Gasteiger charge is 2.19. The van der Waals surface area contributed by atoms with E-state index in [0.717, 1.165) is 25.6 Å². The maximum absolute atomic E-state index is 6.10. The molecule has 1 unspecified atom stereocenters. The summed E-state index contributed by atoms with van der Waals surface area (Å²) in [6.07, 6.45) is 2.55. The minimum atomic E-state index is 0. The summed E-state index contributed by atoms with van der Waals surface area (Å²) in [5, 5.41) is 4.68. The molecule has 2 nitrogen and oxygen atoms in total. The van der Waals surface area contributed by atoms with Gasteiger partial charge in [-0.05, 0) is 63.5 Å². The molecule has 0 radical (unpaired) electrons. The van der Waals surface area contributed by atoms with Gasteiger partial charge in [0, 0.05) is 12.6 Å². The fraction of sp³-hybridized carbons (Fsp3) is 0.600. The van der Waals surface area contributed by atoms with Crippen molar-refractivity contribution in [1.82, 2.24) is 10.2 Å². The van der Waals surface area contributed by atoms with Gasteiger partial charge in [-0.3, -0.25) is 4.90 Å². The predicted molar refractivity (Wildman–Crippen MR) is 90.3 cm³/mol. The van der Waals surface area contributed by atoms with Gasteiger partial charge in [-0.15, -0.1) is 12.4 Å². The minimum Gasteiger partial charge on any atom is -0.317 e. The molecule has 1 fully saturated rings. The van der Waals surface area contributed by atoms with Gasteiger partial charge in [0.15, 0.2) is 0 Å². The lowest BCUT2D eigenvalue weighted by molar-refractivity contribution is 0.197. The molecular formula is C15H23Cl3N2. The highest BCUT2D eigenvalue weighted by Crippen LogP contribution is 2.28. The molecule has 114 valence electrons. The van der Waals surface area contributed by atoms with E-state index < -0.39 is 0 Å². The Morgan fingerprint density at radius 2 is 1.90 bits per heavy atom. The Balaban J connectivity index is 0.00000200. The smallest absolute Gasteiger partial charge is 0.0595 e. The lowest BCUT2D eigenvalue weighted by Gasteiger charge is -2.31. The van der Waals surface area contributed by atoms with Crippen molar-refractivity contribution in [2.75, 3.05) is 26.7 Å². The van der Waals surface area contributed by atoms with Crippen molar-refractivity contribution in [3.63, 3.8) is 0 Å². The standard InChI is InChI=1S/C15H22Cl2N2.ClH/c1-11(13-3-4-14(16)15(17)9-13)19(2)10-12-5-7-18-8-6-12;/h3-4,9,11-12,18H,5-8,10H2,1-2H3;1H. The predicted octanol–water partition coefficient (Wildman–Crippen LogP) is 4.41. The molecule has 20 heavy (non-hydrogen) atoms. The zero-order valence-electron chi connectivity index (χ0n) is 12.0. The number of rotatable bonds is 4. The van der Waals surface area contributed by atoms with Crippen LogP contribution in [0.1, 0.15) is 31.4 Å². The first kappa shape index (κ1) is 18.1. The van der Waals surface area contributed by atoms with Crippen LogP contribution in [-0.2, 0) is 0 Å². The van der Waals surface area contributed by atoms with Gasteiger partial charge in [0.2, 0.25) is 0 Å². The normalized spacial score (nSPS) is 17.9. The van der Waals surface area contributed by atoms with Gasteiger partial charge in [-0.2, -0.15) is 0 Å². The van der Waals surface area contributed by atoms with Crippen LogP contribution in [0.3, 0.4) is 0 Å². The average Bonchev–Trinajstić information content (AvgIpc) is 2.42. The molecule has 1 N–H and O–H groups in total. The summed E-state index contributed by atoms with van der Waals surface area (Å²) in [6.45, 7) is 5.67. The van der Waals surface area contributed by atoms with Crippen molar-refractivity contribution >= 4 is 35.6 Å². The van der Waals surface area contributed by atoms with E-state index >= 15 is 0 Å². The Labute approximate surface area is 138 Å². The number of hydrogen-bond acceptors (Lipinski definition) is 2. The van der Waals surface area contributed by atoms with Crippen LogP contribution >= 0.6 is 35.6 Å². The average molecular weight is 338 g/mol. The molecule has 2 rings (SSSR count). The topological polar surface area (TPSA) is 15.3 Å². The third-order valence-corrected chi connectivity index (χ3v) is 4.83. The first-order valence-corrected chi connectivity index (χ1v) is 7.69. The van der Waals surface area contributed by atoms with Crippen LogP contribution in [-0.4, -0.2) is 31.6 Å². The lowest BCUT2D eigenvalue weighted by atomic mass is 9.96. The summed E-state index contributed by atoms with van der Waals surface area (Å²) >= 11 is 12.1. The van der Waals surface area contributed by atoms with Gasteiger partial charge in [0.05, 0.1) is 10.0 Å². The molecule has 5 heteroatoms. The fourth-order valence-electron chi connectivity index (χ4n) is 2.66. The number of benzene rings is 1. The van der Waals surface area contributed by atoms with Gasteiger partial charge >= 0.3 is 0 Å². The third kappa shape index (κ3) is 4.78. The van der Waals surface area contributed by atoms with E-state index in [1.165, 1.54) is 18.4 Å². The highest BCUT2D eigenvalue weighted by molar-refractivity contribution is 6.42. The van der Waals surface area contributed by atoms with Crippen molar-refractivity contribution in [2.45, 2.75) is 25.8 Å². The Kier molecular flexibility index (Phi) is 7.63. The molecule has 0 saturated carbocycles. The molecule has 1 aromatic rings. The van der Waals surface area contributed by atoms with E-state index in [4.69, 9.17) is 23.2 Å². The first-order chi connectivity index (χ1) is 9.08. The van der Waals surface area contributed by atoms with Crippen LogP contribution in [0.15, 0.2) is 18.2 Å². The molecule has 1 aromatic carbocycles. The highest BCUT2D eigenvalue weighted by atomic mass is 35.5. The van der Waals surface area contributed by atoms with Crippen LogP contribution in [0.25, 0.3) is 0 Å². The molecule has 0 aliphatic carbocycles. The van der Waals surface area contributed by atoms with E-state index in [2.05, 4.69) is 30.3 Å². The quantitative estimate of drug-likeness (QED) is 0.875. The molecule has 1 aliphatic rings. The summed E-state index contributed by atoms with van der Waals surface area (Å²) in [5.41, 5.74) is 1.23. The number of halogens is 3. The Hall–Kier alpha value is 0.01000. The van der Waals surface area contributed by atoms with Crippen LogP contribution in [0.5, 0.6) is 0 Å². The van der Waals surface area contributed by atoms with Gasteiger partial charge < -0.3 is 5.32 Å². The van der Waals surface area contributed by atoms with Crippen molar-refractivity contribution in [3.8, 4) is 0 Å². The van der Waals surface area contributed by atoms with E-state index in [1.807, 2.05) is 12.1 Å². The summed E-state index contributed by atoms with van der Waals surface area (Å²) < 4.78 is 0. The number of hydrogen-bond donors (Lipinski definition) is 1. The maximum Gasteiger partial charge on any atom is 0.0595 e. The zero-order valence-corrected chi connectivity index (χ0v) is 14.4. The number of piperidine rings is 1. The molecule has 1 aliphatic heterocycles. The summed E-state index contributed by atoms with van der Waals surface area (Å²) in [5.74, 6) is 0.802. The van der Waals surface area contributed by atoms with E-state index in [-0.39, 0.29) is 12.4 Å². The molecule has 1 atom stereocenters. The summed E-state index contributed by atoms with van der Waals surface area (Å²) in [4.78, 5) is 2.41. The Morgan fingerprint density at radius 3 is 2.50 bits per heavy atom. The third-order valence-electron chi connectivity index (χ3n) is 4.09. The maximum atomic E-state index is 6.10. The van der Waals surface area contributed by atoms with Crippen molar-refractivity contribution in [1.29, 1.82) is 0 Å². The van der Waals surface area contributed by atoms with Gasteiger partial charge in [-0.1, -0.05) is 29.3 Å². The molecule has 1 heterocycles. The Morgan fingerprint density at radius 1 is 1.25 bits per heavy atom. The minimum absolute atomic E-state index is 0. The second-order valence-corrected chi connectivity index (χ2v) is 6.30. The van der Waals surface area contributed by atoms with Crippen molar-refractivity contribution < 1.29 is 0 Å². The van der Waals surface area contributed by atoms with Crippen LogP contribution in [0.4, 0.5) is 0 Å². The molecule has 1 saturated heterocycles. The van der Waals surface area contributed by atoms with Crippen molar-refractivity contribution in [3.05, 3.63) is 33.8 Å². The van der Waals surface area contributed by atoms with E-state index in [0.29, 0.717) is 16.1 Å². The fourth-order valence-corrected chi connectivity index (χ4v) is 2.96. The van der Waals surface area contributed by atoms with Gasteiger partial charge in [-0.25, -0.2) is 0 Å². The molecule has 0 bridgehead atoms. The largest absolute Gasteiger partial charge is 0.317 e. The van der Waals surface area contributed by atoms with Crippen molar-refractivity contribution in [2.24, 2.45) is 5.92 Å². The van der Waals surface area contributed by atoms with Gasteiger partial charge in [0.1, 0.15) is 0 Å². The summed E-state index contributed by atoms with van der Waals surface area (Å²) in [6, 6.07) is 6.30. The second kappa shape index (κ2) is 8.45. The molecule has 0 amide bonds. The molecule has 0 aromatic heterocycles. The SMILES string of the molecule is CC(c1ccc(Cl)c(Cl)c1)N(C)CC1CCNCC1.Cl. The van der Waals surface area contributed by atoms with Crippen LogP contribution in [0, 0.1) is 5.92 Å². The van der Waals surface area contributed by atoms with E-state index in [1.54, 1.807) is 0 Å². The molecule has 0 spiro atoms. The second-order valence-electron chi connectivity index (χ2n) is 5.48. The van der Waals surface area contributed by atoms with E-state index in [9.17, 15) is 0 Å². The molecular weight excluding hydrogens is 315 g/mol. The van der Waals surface area contributed by atoms with Gasteiger partial charge in [0.25, 0.3) is 0 Å². The zero-order chi connectivity index (χ0) is 13.8.